The average Bonchev–Trinajstić information content (AvgIpc) is 2.67. The van der Waals surface area contributed by atoms with Crippen LogP contribution in [0.4, 0.5) is 0 Å². The van der Waals surface area contributed by atoms with Gasteiger partial charge in [0.05, 0.1) is 5.75 Å². The second-order valence-corrected chi connectivity index (χ2v) is 8.94. The fraction of sp³-hybridized carbons (Fsp3) is 0.429. The van der Waals surface area contributed by atoms with Crippen LogP contribution in [0.5, 0.6) is 5.75 Å². The summed E-state index contributed by atoms with van der Waals surface area (Å²) >= 11 is 0. The second kappa shape index (κ2) is 8.87. The van der Waals surface area contributed by atoms with Gasteiger partial charge in [-0.05, 0) is 42.6 Å². The first-order valence-electron chi connectivity index (χ1n) is 9.46. The van der Waals surface area contributed by atoms with Crippen molar-refractivity contribution in [1.82, 2.24) is 10.0 Å². The molecule has 2 aromatic carbocycles. The molecule has 0 aliphatic carbocycles. The van der Waals surface area contributed by atoms with E-state index in [4.69, 9.17) is 4.74 Å². The third kappa shape index (κ3) is 5.09. The molecule has 0 amide bonds. The molecule has 1 aliphatic heterocycles. The molecule has 0 aromatic heterocycles. The predicted molar refractivity (Wildman–Crippen MR) is 109 cm³/mol. The van der Waals surface area contributed by atoms with E-state index in [0.29, 0.717) is 19.6 Å². The number of hydrogen-bond donors (Lipinski definition) is 2. The normalized spacial score (nSPS) is 19.3. The fourth-order valence-electron chi connectivity index (χ4n) is 3.58. The first-order valence-corrected chi connectivity index (χ1v) is 11.1. The van der Waals surface area contributed by atoms with Crippen molar-refractivity contribution < 1.29 is 13.2 Å². The van der Waals surface area contributed by atoms with Gasteiger partial charge in [-0.2, -0.15) is 0 Å². The van der Waals surface area contributed by atoms with Gasteiger partial charge in [-0.1, -0.05) is 49.4 Å². The highest BCUT2D eigenvalue weighted by Gasteiger charge is 2.30. The largest absolute Gasteiger partial charge is 0.492 e. The standard InChI is InChI=1S/C21H28N2O3S/c1-3-11-27(24,25)23-14-17-9-10-21-19(13-17)18(20(22-2)15-26-21)12-16-7-5-4-6-8-16/h4-10,13,18,20,22-23H,3,11-12,14-15H2,1-2H3/t18-,20+/m1/s1. The van der Waals surface area contributed by atoms with Crippen LogP contribution in [0.2, 0.25) is 0 Å². The number of hydrogen-bond acceptors (Lipinski definition) is 4. The van der Waals surface area contributed by atoms with E-state index in [9.17, 15) is 8.42 Å². The summed E-state index contributed by atoms with van der Waals surface area (Å²) in [5, 5.41) is 3.37. The molecule has 6 heteroatoms. The van der Waals surface area contributed by atoms with E-state index in [2.05, 4.69) is 40.4 Å². The molecule has 3 rings (SSSR count). The SMILES string of the molecule is CCCS(=O)(=O)NCc1ccc2c(c1)[C@@H](Cc1ccccc1)[C@@H](NC)CO2. The molecule has 0 saturated carbocycles. The van der Waals surface area contributed by atoms with Crippen molar-refractivity contribution >= 4 is 10.0 Å². The van der Waals surface area contributed by atoms with Crippen LogP contribution in [-0.4, -0.2) is 33.9 Å². The smallest absolute Gasteiger partial charge is 0.211 e. The lowest BCUT2D eigenvalue weighted by Crippen LogP contribution is -2.41. The zero-order chi connectivity index (χ0) is 19.3. The summed E-state index contributed by atoms with van der Waals surface area (Å²) < 4.78 is 32.5. The highest BCUT2D eigenvalue weighted by Crippen LogP contribution is 2.36. The Hall–Kier alpha value is -1.89. The quantitative estimate of drug-likeness (QED) is 0.730. The van der Waals surface area contributed by atoms with E-state index in [1.807, 2.05) is 32.2 Å². The maximum absolute atomic E-state index is 12.0. The van der Waals surface area contributed by atoms with Gasteiger partial charge in [0, 0.05) is 18.5 Å². The van der Waals surface area contributed by atoms with Gasteiger partial charge in [-0.25, -0.2) is 13.1 Å². The highest BCUT2D eigenvalue weighted by atomic mass is 32.2. The lowest BCUT2D eigenvalue weighted by atomic mass is 9.83. The molecule has 146 valence electrons. The average molecular weight is 389 g/mol. The molecule has 27 heavy (non-hydrogen) atoms. The van der Waals surface area contributed by atoms with Crippen LogP contribution in [0.25, 0.3) is 0 Å². The Morgan fingerprint density at radius 1 is 1.11 bits per heavy atom. The Kier molecular flexibility index (Phi) is 6.52. The van der Waals surface area contributed by atoms with Gasteiger partial charge in [-0.15, -0.1) is 0 Å². The van der Waals surface area contributed by atoms with Crippen molar-refractivity contribution in [3.8, 4) is 5.75 Å². The van der Waals surface area contributed by atoms with Crippen LogP contribution in [-0.2, 0) is 23.0 Å². The number of sulfonamides is 1. The molecule has 2 atom stereocenters. The Morgan fingerprint density at radius 3 is 2.59 bits per heavy atom. The lowest BCUT2D eigenvalue weighted by Gasteiger charge is -2.34. The van der Waals surface area contributed by atoms with Gasteiger partial charge in [-0.3, -0.25) is 0 Å². The maximum Gasteiger partial charge on any atom is 0.211 e. The van der Waals surface area contributed by atoms with Crippen LogP contribution in [0.1, 0.15) is 36.0 Å². The van der Waals surface area contributed by atoms with Crippen molar-refractivity contribution in [2.75, 3.05) is 19.4 Å². The van der Waals surface area contributed by atoms with E-state index in [1.54, 1.807) is 0 Å². The predicted octanol–water partition coefficient (Wildman–Crippen LogP) is 2.82. The molecular formula is C21H28N2O3S. The molecule has 1 aliphatic rings. The van der Waals surface area contributed by atoms with Crippen molar-refractivity contribution in [2.45, 2.75) is 38.3 Å². The van der Waals surface area contributed by atoms with Gasteiger partial charge in [0.1, 0.15) is 12.4 Å². The van der Waals surface area contributed by atoms with E-state index >= 15 is 0 Å². The molecule has 0 radical (unpaired) electrons. The topological polar surface area (TPSA) is 67.4 Å². The maximum atomic E-state index is 12.0. The summed E-state index contributed by atoms with van der Waals surface area (Å²) in [6.07, 6.45) is 1.52. The van der Waals surface area contributed by atoms with Gasteiger partial charge < -0.3 is 10.1 Å². The molecular weight excluding hydrogens is 360 g/mol. The first-order chi connectivity index (χ1) is 13.0. The molecule has 2 aromatic rings. The van der Waals surface area contributed by atoms with E-state index < -0.39 is 10.0 Å². The van der Waals surface area contributed by atoms with E-state index in [1.165, 1.54) is 5.56 Å². The van der Waals surface area contributed by atoms with Crippen LogP contribution in [0.3, 0.4) is 0 Å². The fourth-order valence-corrected chi connectivity index (χ4v) is 4.65. The summed E-state index contributed by atoms with van der Waals surface area (Å²) in [5.74, 6) is 1.32. The third-order valence-corrected chi connectivity index (χ3v) is 6.55. The molecule has 0 fully saturated rings. The number of rotatable bonds is 8. The highest BCUT2D eigenvalue weighted by molar-refractivity contribution is 7.89. The Bertz CT molecular complexity index is 853. The summed E-state index contributed by atoms with van der Waals surface area (Å²) in [6, 6.07) is 16.6. The molecule has 0 unspecified atom stereocenters. The number of nitrogens with one attached hydrogen (secondary N) is 2. The van der Waals surface area contributed by atoms with Gasteiger partial charge in [0.15, 0.2) is 0 Å². The van der Waals surface area contributed by atoms with Gasteiger partial charge >= 0.3 is 0 Å². The molecule has 0 spiro atoms. The Morgan fingerprint density at radius 2 is 1.89 bits per heavy atom. The van der Waals surface area contributed by atoms with Crippen LogP contribution >= 0.6 is 0 Å². The molecule has 1 heterocycles. The number of ether oxygens (including phenoxy) is 1. The summed E-state index contributed by atoms with van der Waals surface area (Å²) in [5.41, 5.74) is 3.37. The van der Waals surface area contributed by atoms with Crippen LogP contribution in [0.15, 0.2) is 48.5 Å². The number of likely N-dealkylation sites (N-methyl/N-ethyl adjacent to an activating group) is 1. The second-order valence-electron chi connectivity index (χ2n) is 7.01. The Balaban J connectivity index is 1.84. The zero-order valence-electron chi connectivity index (χ0n) is 15.9. The van der Waals surface area contributed by atoms with Crippen molar-refractivity contribution in [3.05, 3.63) is 65.2 Å². The molecule has 0 bridgehead atoms. The number of fused-ring (bicyclic) bond motifs is 1. The van der Waals surface area contributed by atoms with Gasteiger partial charge in [0.25, 0.3) is 0 Å². The van der Waals surface area contributed by atoms with E-state index in [0.717, 1.165) is 23.3 Å². The minimum Gasteiger partial charge on any atom is -0.492 e. The minimum atomic E-state index is -3.22. The van der Waals surface area contributed by atoms with Crippen molar-refractivity contribution in [3.63, 3.8) is 0 Å². The van der Waals surface area contributed by atoms with Crippen LogP contribution < -0.4 is 14.8 Å². The summed E-state index contributed by atoms with van der Waals surface area (Å²) in [7, 11) is -1.26. The Labute approximate surface area is 162 Å². The molecule has 2 N–H and O–H groups in total. The summed E-state index contributed by atoms with van der Waals surface area (Å²) in [6.45, 7) is 2.79. The minimum absolute atomic E-state index is 0.152. The lowest BCUT2D eigenvalue weighted by molar-refractivity contribution is 0.218. The zero-order valence-corrected chi connectivity index (χ0v) is 16.8. The van der Waals surface area contributed by atoms with Crippen molar-refractivity contribution in [1.29, 1.82) is 0 Å². The molecule has 0 saturated heterocycles. The molecule has 5 nitrogen and oxygen atoms in total. The number of benzene rings is 2. The third-order valence-electron chi connectivity index (χ3n) is 5.02. The first kappa shape index (κ1) is 19.9. The van der Waals surface area contributed by atoms with Crippen molar-refractivity contribution in [2.24, 2.45) is 0 Å². The van der Waals surface area contributed by atoms with E-state index in [-0.39, 0.29) is 17.7 Å². The summed E-state index contributed by atoms with van der Waals surface area (Å²) in [4.78, 5) is 0. The van der Waals surface area contributed by atoms with Crippen LogP contribution in [0, 0.1) is 0 Å². The monoisotopic (exact) mass is 388 g/mol. The van der Waals surface area contributed by atoms with Gasteiger partial charge in [0.2, 0.25) is 10.0 Å².